The number of anilines is 1. The second-order valence-corrected chi connectivity index (χ2v) is 8.46. The van der Waals surface area contributed by atoms with E-state index in [0.717, 1.165) is 22.3 Å². The third-order valence-corrected chi connectivity index (χ3v) is 6.37. The highest BCUT2D eigenvalue weighted by Gasteiger charge is 2.33. The van der Waals surface area contributed by atoms with Crippen LogP contribution in [-0.2, 0) is 14.3 Å². The van der Waals surface area contributed by atoms with E-state index in [-0.39, 0.29) is 37.8 Å². The summed E-state index contributed by atoms with van der Waals surface area (Å²) in [6.07, 6.45) is -0.633. The summed E-state index contributed by atoms with van der Waals surface area (Å²) >= 11 is 0. The lowest BCUT2D eigenvalue weighted by Crippen LogP contribution is -2.52. The van der Waals surface area contributed by atoms with Crippen LogP contribution in [0.4, 0.5) is 10.5 Å². The van der Waals surface area contributed by atoms with Crippen molar-refractivity contribution >= 4 is 23.7 Å². The molecule has 1 saturated heterocycles. The zero-order valence-electron chi connectivity index (χ0n) is 18.8. The molecule has 1 atom stereocenters. The highest BCUT2D eigenvalue weighted by Crippen LogP contribution is 2.44. The van der Waals surface area contributed by atoms with Crippen LogP contribution in [0.15, 0.2) is 72.8 Å². The molecule has 3 aromatic carbocycles. The molecular formula is C27H24N2O6. The molecule has 0 radical (unpaired) electrons. The number of hydrogen-bond acceptors (Lipinski definition) is 5. The van der Waals surface area contributed by atoms with Crippen molar-refractivity contribution in [2.75, 3.05) is 31.7 Å². The van der Waals surface area contributed by atoms with Gasteiger partial charge in [0.15, 0.2) is 6.04 Å². The number of nitrogens with one attached hydrogen (secondary N) is 1. The van der Waals surface area contributed by atoms with Crippen LogP contribution in [0.2, 0.25) is 0 Å². The van der Waals surface area contributed by atoms with E-state index in [0.29, 0.717) is 5.69 Å². The van der Waals surface area contributed by atoms with Gasteiger partial charge in [-0.15, -0.1) is 0 Å². The molecule has 8 heteroatoms. The highest BCUT2D eigenvalue weighted by atomic mass is 16.5. The van der Waals surface area contributed by atoms with Gasteiger partial charge in [0.25, 0.3) is 5.91 Å². The zero-order chi connectivity index (χ0) is 24.4. The van der Waals surface area contributed by atoms with Gasteiger partial charge in [-0.2, -0.15) is 0 Å². The largest absolute Gasteiger partial charge is 0.480 e. The Bertz CT molecular complexity index is 1240. The normalized spacial score (nSPS) is 16.8. The number of amides is 2. The number of rotatable bonds is 5. The molecule has 2 aliphatic rings. The Balaban J connectivity index is 1.26. The standard InChI is InChI=1S/C27H24N2O6/c30-25(29-12-13-34-16-24(29)26(31)32)17-6-5-7-18(14-17)28-27(33)35-15-23-21-10-3-1-8-19(21)20-9-2-4-11-22(20)23/h1-11,14,23-24H,12-13,15-16H2,(H,28,33)(H,31,32). The summed E-state index contributed by atoms with van der Waals surface area (Å²) < 4.78 is 10.8. The zero-order valence-corrected chi connectivity index (χ0v) is 18.8. The molecule has 5 rings (SSSR count). The van der Waals surface area contributed by atoms with Gasteiger partial charge in [0, 0.05) is 23.7 Å². The van der Waals surface area contributed by atoms with Crippen LogP contribution in [0.3, 0.4) is 0 Å². The molecule has 35 heavy (non-hydrogen) atoms. The summed E-state index contributed by atoms with van der Waals surface area (Å²) in [5, 5.41) is 12.1. The number of hydrogen-bond donors (Lipinski definition) is 2. The lowest BCUT2D eigenvalue weighted by atomic mass is 9.98. The van der Waals surface area contributed by atoms with Gasteiger partial charge in [0.1, 0.15) is 6.61 Å². The number of morpholine rings is 1. The molecule has 1 unspecified atom stereocenters. The number of benzene rings is 3. The summed E-state index contributed by atoms with van der Waals surface area (Å²) in [7, 11) is 0. The number of aliphatic carboxylic acids is 1. The van der Waals surface area contributed by atoms with Crippen molar-refractivity contribution < 1.29 is 29.0 Å². The molecule has 8 nitrogen and oxygen atoms in total. The molecule has 1 aliphatic carbocycles. The fourth-order valence-corrected chi connectivity index (χ4v) is 4.70. The summed E-state index contributed by atoms with van der Waals surface area (Å²) in [5.41, 5.74) is 5.18. The van der Waals surface area contributed by atoms with Gasteiger partial charge in [-0.25, -0.2) is 9.59 Å². The van der Waals surface area contributed by atoms with Gasteiger partial charge in [0.05, 0.1) is 13.2 Å². The van der Waals surface area contributed by atoms with E-state index >= 15 is 0 Å². The SMILES string of the molecule is O=C(Nc1cccc(C(=O)N2CCOCC2C(=O)O)c1)OCC1c2ccccc2-c2ccccc21. The molecule has 1 aliphatic heterocycles. The van der Waals surface area contributed by atoms with Crippen LogP contribution in [0, 0.1) is 0 Å². The first kappa shape index (κ1) is 22.6. The van der Waals surface area contributed by atoms with E-state index in [2.05, 4.69) is 17.4 Å². The number of carboxylic acid groups (broad SMARTS) is 1. The predicted octanol–water partition coefficient (Wildman–Crippen LogP) is 3.97. The second kappa shape index (κ2) is 9.60. The van der Waals surface area contributed by atoms with Crippen LogP contribution in [0.1, 0.15) is 27.4 Å². The molecule has 2 amide bonds. The summed E-state index contributed by atoms with van der Waals surface area (Å²) in [4.78, 5) is 38.3. The number of fused-ring (bicyclic) bond motifs is 3. The van der Waals surface area contributed by atoms with Crippen molar-refractivity contribution in [3.63, 3.8) is 0 Å². The minimum Gasteiger partial charge on any atom is -0.480 e. The van der Waals surface area contributed by atoms with E-state index in [1.165, 1.54) is 11.0 Å². The van der Waals surface area contributed by atoms with Crippen molar-refractivity contribution in [1.82, 2.24) is 4.90 Å². The maximum atomic E-state index is 12.9. The maximum absolute atomic E-state index is 12.9. The second-order valence-electron chi connectivity index (χ2n) is 8.46. The topological polar surface area (TPSA) is 105 Å². The summed E-state index contributed by atoms with van der Waals surface area (Å²) in [6, 6.07) is 21.5. The first-order valence-electron chi connectivity index (χ1n) is 11.4. The lowest BCUT2D eigenvalue weighted by Gasteiger charge is -2.32. The van der Waals surface area contributed by atoms with Crippen LogP contribution >= 0.6 is 0 Å². The van der Waals surface area contributed by atoms with Crippen LogP contribution in [0.25, 0.3) is 11.1 Å². The number of carboxylic acids is 1. The van der Waals surface area contributed by atoms with Gasteiger partial charge in [0.2, 0.25) is 0 Å². The van der Waals surface area contributed by atoms with Crippen molar-refractivity contribution in [2.24, 2.45) is 0 Å². The average molecular weight is 472 g/mol. The molecule has 2 N–H and O–H groups in total. The number of nitrogens with zero attached hydrogens (tertiary/aromatic N) is 1. The first-order valence-corrected chi connectivity index (χ1v) is 11.4. The molecule has 0 saturated carbocycles. The monoisotopic (exact) mass is 472 g/mol. The van der Waals surface area contributed by atoms with Gasteiger partial charge >= 0.3 is 12.1 Å². The van der Waals surface area contributed by atoms with Crippen molar-refractivity contribution in [3.8, 4) is 11.1 Å². The average Bonchev–Trinajstić information content (AvgIpc) is 3.21. The van der Waals surface area contributed by atoms with Crippen molar-refractivity contribution in [1.29, 1.82) is 0 Å². The molecule has 0 bridgehead atoms. The fraction of sp³-hybridized carbons (Fsp3) is 0.222. The Morgan fingerprint density at radius 3 is 2.34 bits per heavy atom. The molecule has 0 aromatic heterocycles. The van der Waals surface area contributed by atoms with Crippen LogP contribution in [-0.4, -0.2) is 60.4 Å². The smallest absolute Gasteiger partial charge is 0.411 e. The summed E-state index contributed by atoms with van der Waals surface area (Å²) in [5.74, 6) is -1.61. The Labute approximate surface area is 202 Å². The number of ether oxygens (including phenoxy) is 2. The Morgan fingerprint density at radius 2 is 1.66 bits per heavy atom. The minimum atomic E-state index is -1.12. The Kier molecular flexibility index (Phi) is 6.20. The molecule has 3 aromatic rings. The van der Waals surface area contributed by atoms with E-state index in [1.807, 2.05) is 36.4 Å². The van der Waals surface area contributed by atoms with E-state index in [9.17, 15) is 19.5 Å². The highest BCUT2D eigenvalue weighted by molar-refractivity contribution is 5.98. The number of carbonyl (C=O) groups is 3. The molecule has 178 valence electrons. The molecular weight excluding hydrogens is 448 g/mol. The van der Waals surface area contributed by atoms with E-state index < -0.39 is 24.0 Å². The van der Waals surface area contributed by atoms with Gasteiger partial charge in [-0.1, -0.05) is 54.6 Å². The van der Waals surface area contributed by atoms with Crippen LogP contribution in [0.5, 0.6) is 0 Å². The van der Waals surface area contributed by atoms with Gasteiger partial charge < -0.3 is 19.5 Å². The van der Waals surface area contributed by atoms with Gasteiger partial charge in [-0.3, -0.25) is 10.1 Å². The van der Waals surface area contributed by atoms with Gasteiger partial charge in [-0.05, 0) is 40.5 Å². The first-order chi connectivity index (χ1) is 17.0. The number of carbonyl (C=O) groups excluding carboxylic acids is 2. The van der Waals surface area contributed by atoms with E-state index in [4.69, 9.17) is 9.47 Å². The third kappa shape index (κ3) is 4.48. The predicted molar refractivity (Wildman–Crippen MR) is 128 cm³/mol. The van der Waals surface area contributed by atoms with Crippen molar-refractivity contribution in [3.05, 3.63) is 89.5 Å². The van der Waals surface area contributed by atoms with Crippen LogP contribution < -0.4 is 5.32 Å². The summed E-state index contributed by atoms with van der Waals surface area (Å²) in [6.45, 7) is 0.568. The lowest BCUT2D eigenvalue weighted by molar-refractivity contribution is -0.147. The fourth-order valence-electron chi connectivity index (χ4n) is 4.70. The van der Waals surface area contributed by atoms with E-state index in [1.54, 1.807) is 18.2 Å². The molecule has 0 spiro atoms. The quantitative estimate of drug-likeness (QED) is 0.582. The third-order valence-electron chi connectivity index (χ3n) is 6.37. The maximum Gasteiger partial charge on any atom is 0.411 e. The minimum absolute atomic E-state index is 0.0568. The Morgan fingerprint density at radius 1 is 0.971 bits per heavy atom. The Hall–Kier alpha value is -4.17. The van der Waals surface area contributed by atoms with Crippen molar-refractivity contribution in [2.45, 2.75) is 12.0 Å². The molecule has 1 heterocycles. The molecule has 1 fully saturated rings.